The lowest BCUT2D eigenvalue weighted by Gasteiger charge is -2.23. The Morgan fingerprint density at radius 3 is 2.74 bits per heavy atom. The zero-order valence-corrected chi connectivity index (χ0v) is 13.3. The summed E-state index contributed by atoms with van der Waals surface area (Å²) in [4.78, 5) is 37.7. The Kier molecular flexibility index (Phi) is 3.83. The molecule has 0 aliphatic carbocycles. The second-order valence-corrected chi connectivity index (χ2v) is 6.69. The van der Waals surface area contributed by atoms with Crippen LogP contribution < -0.4 is 10.2 Å². The lowest BCUT2D eigenvalue weighted by molar-refractivity contribution is -0.129. The third-order valence-electron chi connectivity index (χ3n) is 4.36. The minimum Gasteiger partial charge on any atom is -0.448 e. The fraction of sp³-hybridized carbons (Fsp3) is 0.471. The highest BCUT2D eigenvalue weighted by Crippen LogP contribution is 2.29. The molecule has 2 amide bonds. The van der Waals surface area contributed by atoms with Crippen molar-refractivity contribution < 1.29 is 19.1 Å². The van der Waals surface area contributed by atoms with Crippen LogP contribution in [0.1, 0.15) is 37.0 Å². The van der Waals surface area contributed by atoms with Crippen LogP contribution in [-0.4, -0.2) is 37.0 Å². The molecule has 2 aliphatic rings. The molecule has 2 saturated heterocycles. The van der Waals surface area contributed by atoms with E-state index in [0.717, 1.165) is 6.42 Å². The number of rotatable bonds is 3. The smallest absolute Gasteiger partial charge is 0.339 e. The van der Waals surface area contributed by atoms with Gasteiger partial charge in [-0.05, 0) is 24.6 Å². The summed E-state index contributed by atoms with van der Waals surface area (Å²) in [6.45, 7) is 4.89. The highest BCUT2D eigenvalue weighted by atomic mass is 16.5. The van der Waals surface area contributed by atoms with Crippen molar-refractivity contribution in [1.29, 1.82) is 0 Å². The molecule has 2 fully saturated rings. The summed E-state index contributed by atoms with van der Waals surface area (Å²) in [6, 6.07) is 6.79. The molecule has 2 heterocycles. The zero-order valence-electron chi connectivity index (χ0n) is 13.3. The number of benzene rings is 1. The third-order valence-corrected chi connectivity index (χ3v) is 4.36. The minimum absolute atomic E-state index is 0.0619. The van der Waals surface area contributed by atoms with E-state index < -0.39 is 17.5 Å². The molecular weight excluding hydrogens is 296 g/mol. The van der Waals surface area contributed by atoms with Gasteiger partial charge in [-0.15, -0.1) is 0 Å². The van der Waals surface area contributed by atoms with E-state index in [1.165, 1.54) is 0 Å². The number of anilines is 1. The molecule has 3 rings (SSSR count). The molecule has 0 radical (unpaired) electrons. The summed E-state index contributed by atoms with van der Waals surface area (Å²) >= 11 is 0. The van der Waals surface area contributed by atoms with Gasteiger partial charge in [-0.1, -0.05) is 19.9 Å². The first kappa shape index (κ1) is 15.5. The standard InChI is InChI=1S/C17H20N2O4/c1-17(2)10-18-15(21)14(17)23-16(22)11-5-3-6-12(9-11)19-8-4-7-13(19)20/h3,5-6,9,14H,4,7-8,10H2,1-2H3,(H,18,21). The van der Waals surface area contributed by atoms with Gasteiger partial charge in [0.2, 0.25) is 5.91 Å². The van der Waals surface area contributed by atoms with Crippen LogP contribution in [0.4, 0.5) is 5.69 Å². The maximum atomic E-state index is 12.4. The highest BCUT2D eigenvalue weighted by molar-refractivity contribution is 5.98. The number of hydrogen-bond donors (Lipinski definition) is 1. The van der Waals surface area contributed by atoms with Crippen LogP contribution in [0.2, 0.25) is 0 Å². The Morgan fingerprint density at radius 2 is 2.13 bits per heavy atom. The fourth-order valence-electron chi connectivity index (χ4n) is 2.97. The molecule has 0 aromatic heterocycles. The van der Waals surface area contributed by atoms with Crippen molar-refractivity contribution in [2.24, 2.45) is 5.41 Å². The second kappa shape index (κ2) is 5.68. The molecule has 0 saturated carbocycles. The Hall–Kier alpha value is -2.37. The predicted octanol–water partition coefficient (Wildman–Crippen LogP) is 1.49. The van der Waals surface area contributed by atoms with Crippen LogP contribution in [0.15, 0.2) is 24.3 Å². The van der Waals surface area contributed by atoms with Crippen molar-refractivity contribution in [2.75, 3.05) is 18.0 Å². The second-order valence-electron chi connectivity index (χ2n) is 6.69. The third kappa shape index (κ3) is 2.93. The van der Waals surface area contributed by atoms with Crippen molar-refractivity contribution in [2.45, 2.75) is 32.8 Å². The number of nitrogens with one attached hydrogen (secondary N) is 1. The number of esters is 1. The van der Waals surface area contributed by atoms with Crippen LogP contribution in [-0.2, 0) is 14.3 Å². The van der Waals surface area contributed by atoms with Gasteiger partial charge in [0, 0.05) is 30.6 Å². The molecule has 6 nitrogen and oxygen atoms in total. The largest absolute Gasteiger partial charge is 0.448 e. The first-order valence-corrected chi connectivity index (χ1v) is 7.78. The van der Waals surface area contributed by atoms with Gasteiger partial charge in [0.05, 0.1) is 5.56 Å². The van der Waals surface area contributed by atoms with Gasteiger partial charge in [0.15, 0.2) is 6.10 Å². The lowest BCUT2D eigenvalue weighted by atomic mass is 9.89. The van der Waals surface area contributed by atoms with Gasteiger partial charge < -0.3 is 15.0 Å². The van der Waals surface area contributed by atoms with Crippen LogP contribution in [0.3, 0.4) is 0 Å². The number of ether oxygens (including phenoxy) is 1. The van der Waals surface area contributed by atoms with Crippen LogP contribution in [0, 0.1) is 5.41 Å². The van der Waals surface area contributed by atoms with Gasteiger partial charge >= 0.3 is 5.97 Å². The summed E-state index contributed by atoms with van der Waals surface area (Å²) in [5.41, 5.74) is 0.602. The normalized spacial score (nSPS) is 23.0. The molecule has 0 bridgehead atoms. The van der Waals surface area contributed by atoms with Crippen LogP contribution in [0.5, 0.6) is 0 Å². The van der Waals surface area contributed by atoms with Crippen molar-refractivity contribution >= 4 is 23.5 Å². The first-order valence-electron chi connectivity index (χ1n) is 7.78. The zero-order chi connectivity index (χ0) is 16.6. The molecule has 1 atom stereocenters. The molecule has 6 heteroatoms. The van der Waals surface area contributed by atoms with Crippen LogP contribution in [0.25, 0.3) is 0 Å². The van der Waals surface area contributed by atoms with E-state index in [0.29, 0.717) is 30.8 Å². The molecule has 1 N–H and O–H groups in total. The lowest BCUT2D eigenvalue weighted by Crippen LogP contribution is -2.35. The van der Waals surface area contributed by atoms with Gasteiger partial charge in [0.25, 0.3) is 5.91 Å². The number of nitrogens with zero attached hydrogens (tertiary/aromatic N) is 1. The van der Waals surface area contributed by atoms with E-state index in [1.54, 1.807) is 29.2 Å². The topological polar surface area (TPSA) is 75.7 Å². The Morgan fingerprint density at radius 1 is 1.35 bits per heavy atom. The molecule has 0 spiro atoms. The first-order chi connectivity index (χ1) is 10.9. The van der Waals surface area contributed by atoms with Crippen molar-refractivity contribution in [3.8, 4) is 0 Å². The highest BCUT2D eigenvalue weighted by Gasteiger charge is 2.44. The van der Waals surface area contributed by atoms with E-state index in [4.69, 9.17) is 4.74 Å². The van der Waals surface area contributed by atoms with Gasteiger partial charge in [-0.3, -0.25) is 9.59 Å². The van der Waals surface area contributed by atoms with Gasteiger partial charge in [-0.2, -0.15) is 0 Å². The molecule has 1 aromatic carbocycles. The van der Waals surface area contributed by atoms with E-state index in [9.17, 15) is 14.4 Å². The Labute approximate surface area is 134 Å². The molecule has 23 heavy (non-hydrogen) atoms. The molecule has 1 aromatic rings. The maximum Gasteiger partial charge on any atom is 0.339 e. The average Bonchev–Trinajstić information content (AvgIpc) is 3.05. The SMILES string of the molecule is CC1(C)CNC(=O)C1OC(=O)c1cccc(N2CCCC2=O)c1. The van der Waals surface area contributed by atoms with Gasteiger partial charge in [-0.25, -0.2) is 4.79 Å². The predicted molar refractivity (Wildman–Crippen MR) is 84.0 cm³/mol. The minimum atomic E-state index is -0.799. The van der Waals surface area contributed by atoms with E-state index in [1.807, 2.05) is 13.8 Å². The van der Waals surface area contributed by atoms with Gasteiger partial charge in [0.1, 0.15) is 0 Å². The summed E-state index contributed by atoms with van der Waals surface area (Å²) in [5, 5.41) is 2.71. The number of hydrogen-bond acceptors (Lipinski definition) is 4. The number of carbonyl (C=O) groups is 3. The molecule has 122 valence electrons. The number of amides is 2. The van der Waals surface area contributed by atoms with Crippen molar-refractivity contribution in [1.82, 2.24) is 5.32 Å². The quantitative estimate of drug-likeness (QED) is 0.857. The maximum absolute atomic E-state index is 12.4. The van der Waals surface area contributed by atoms with Crippen molar-refractivity contribution in [3.63, 3.8) is 0 Å². The monoisotopic (exact) mass is 316 g/mol. The summed E-state index contributed by atoms with van der Waals surface area (Å²) in [7, 11) is 0. The molecular formula is C17H20N2O4. The van der Waals surface area contributed by atoms with E-state index in [2.05, 4.69) is 5.32 Å². The van der Waals surface area contributed by atoms with E-state index >= 15 is 0 Å². The summed E-state index contributed by atoms with van der Waals surface area (Å²) in [6.07, 6.45) is 0.557. The van der Waals surface area contributed by atoms with Crippen molar-refractivity contribution in [3.05, 3.63) is 29.8 Å². The Bertz CT molecular complexity index is 668. The average molecular weight is 316 g/mol. The van der Waals surface area contributed by atoms with E-state index in [-0.39, 0.29) is 11.8 Å². The summed E-state index contributed by atoms with van der Waals surface area (Å²) in [5.74, 6) is -0.755. The summed E-state index contributed by atoms with van der Waals surface area (Å²) < 4.78 is 5.41. The van der Waals surface area contributed by atoms with Crippen LogP contribution >= 0.6 is 0 Å². The molecule has 1 unspecified atom stereocenters. The molecule has 2 aliphatic heterocycles. The fourth-order valence-corrected chi connectivity index (χ4v) is 2.97. The number of carbonyl (C=O) groups excluding carboxylic acids is 3. The Balaban J connectivity index is 1.78.